The highest BCUT2D eigenvalue weighted by Gasteiger charge is 2.20. The fourth-order valence-electron chi connectivity index (χ4n) is 2.88. The van der Waals surface area contributed by atoms with Crippen LogP contribution in [0.4, 0.5) is 0 Å². The lowest BCUT2D eigenvalue weighted by Gasteiger charge is -2.11. The van der Waals surface area contributed by atoms with Gasteiger partial charge in [0.15, 0.2) is 0 Å². The van der Waals surface area contributed by atoms with Crippen LogP contribution >= 0.6 is 11.6 Å². The number of fused-ring (bicyclic) bond motifs is 1. The number of carbonyl (C=O) groups is 1. The summed E-state index contributed by atoms with van der Waals surface area (Å²) in [7, 11) is -0.669. The van der Waals surface area contributed by atoms with Crippen molar-refractivity contribution in [1.82, 2.24) is 13.9 Å². The molecule has 0 saturated heterocycles. The van der Waals surface area contributed by atoms with E-state index in [0.717, 1.165) is 9.82 Å². The molecule has 0 aliphatic carbocycles. The molecule has 0 unspecified atom stereocenters. The van der Waals surface area contributed by atoms with E-state index in [4.69, 9.17) is 16.3 Å². The summed E-state index contributed by atoms with van der Waals surface area (Å²) in [6.45, 7) is 2.32. The summed E-state index contributed by atoms with van der Waals surface area (Å²) in [5.74, 6) is -0.529. The molecule has 0 amide bonds. The Morgan fingerprint density at radius 1 is 1.24 bits per heavy atom. The van der Waals surface area contributed by atoms with Gasteiger partial charge in [0.25, 0.3) is 0 Å². The monoisotopic (exact) mass is 437 g/mol. The first kappa shape index (κ1) is 21.1. The summed E-state index contributed by atoms with van der Waals surface area (Å²) >= 11 is 5.77. The zero-order valence-corrected chi connectivity index (χ0v) is 17.7. The second-order valence-corrected chi connectivity index (χ2v) is 9.04. The number of aryl methyl sites for hydroxylation is 1. The number of carbonyl (C=O) groups excluding carboxylic acids is 1. The predicted octanol–water partition coefficient (Wildman–Crippen LogP) is 3.02. The van der Waals surface area contributed by atoms with E-state index in [-0.39, 0.29) is 22.8 Å². The Morgan fingerprint density at radius 2 is 1.97 bits per heavy atom. The highest BCUT2D eigenvalue weighted by molar-refractivity contribution is 7.89. The van der Waals surface area contributed by atoms with Crippen LogP contribution in [0.3, 0.4) is 0 Å². The van der Waals surface area contributed by atoms with Crippen LogP contribution in [0.25, 0.3) is 11.0 Å². The largest absolute Gasteiger partial charge is 0.507 e. The van der Waals surface area contributed by atoms with Crippen LogP contribution in [0, 0.1) is 0 Å². The molecule has 0 fully saturated rings. The summed E-state index contributed by atoms with van der Waals surface area (Å²) in [5, 5.41) is 10.2. The van der Waals surface area contributed by atoms with Crippen LogP contribution in [0.1, 0.15) is 23.1 Å². The Morgan fingerprint density at radius 3 is 2.59 bits per heavy atom. The number of sulfonamides is 1. The van der Waals surface area contributed by atoms with Crippen molar-refractivity contribution in [2.45, 2.75) is 25.0 Å². The van der Waals surface area contributed by atoms with E-state index in [1.807, 2.05) is 11.5 Å². The van der Waals surface area contributed by atoms with Crippen molar-refractivity contribution in [3.05, 3.63) is 52.8 Å². The van der Waals surface area contributed by atoms with Gasteiger partial charge >= 0.3 is 5.97 Å². The molecule has 2 aromatic carbocycles. The van der Waals surface area contributed by atoms with Gasteiger partial charge in [-0.25, -0.2) is 22.5 Å². The minimum atomic E-state index is -3.59. The van der Waals surface area contributed by atoms with Gasteiger partial charge in [0.2, 0.25) is 10.0 Å². The number of benzene rings is 2. The quantitative estimate of drug-likeness (QED) is 0.595. The molecule has 29 heavy (non-hydrogen) atoms. The molecule has 0 saturated carbocycles. The lowest BCUT2D eigenvalue weighted by molar-refractivity contribution is 0.0455. The Bertz CT molecular complexity index is 1190. The SMILES string of the molecule is CCn1c(COC(=O)c2ccc(Cl)cc2O)nc2cc(S(=O)(=O)N(C)C)ccc21. The molecule has 1 N–H and O–H groups in total. The minimum absolute atomic E-state index is 0.00655. The Kier molecular flexibility index (Phi) is 5.83. The Balaban J connectivity index is 1.90. The number of rotatable bonds is 6. The van der Waals surface area contributed by atoms with Crippen molar-refractivity contribution in [3.8, 4) is 5.75 Å². The van der Waals surface area contributed by atoms with Crippen molar-refractivity contribution in [2.75, 3.05) is 14.1 Å². The number of phenols is 1. The zero-order valence-electron chi connectivity index (χ0n) is 16.1. The number of ether oxygens (including phenoxy) is 1. The van der Waals surface area contributed by atoms with Gasteiger partial charge in [0, 0.05) is 25.7 Å². The summed E-state index contributed by atoms with van der Waals surface area (Å²) in [4.78, 5) is 16.8. The van der Waals surface area contributed by atoms with Gasteiger partial charge in [-0.2, -0.15) is 0 Å². The molecule has 8 nitrogen and oxygen atoms in total. The van der Waals surface area contributed by atoms with Crippen LogP contribution in [0.15, 0.2) is 41.3 Å². The molecule has 1 aromatic heterocycles. The molecular formula is C19H20ClN3O5S. The summed E-state index contributed by atoms with van der Waals surface area (Å²) in [5.41, 5.74) is 1.20. The molecule has 0 bridgehead atoms. The van der Waals surface area contributed by atoms with Gasteiger partial charge in [0.05, 0.1) is 15.9 Å². The third kappa shape index (κ3) is 4.07. The van der Waals surface area contributed by atoms with Crippen LogP contribution < -0.4 is 0 Å². The Labute approximate surface area is 173 Å². The van der Waals surface area contributed by atoms with E-state index in [2.05, 4.69) is 4.98 Å². The van der Waals surface area contributed by atoms with Gasteiger partial charge in [0.1, 0.15) is 23.7 Å². The maximum absolute atomic E-state index is 12.4. The fourth-order valence-corrected chi connectivity index (χ4v) is 3.97. The standard InChI is InChI=1S/C19H20ClN3O5S/c1-4-23-16-8-6-13(29(26,27)22(2)3)10-15(16)21-18(23)11-28-19(25)14-7-5-12(20)9-17(14)24/h5-10,24H,4,11H2,1-3H3. The predicted molar refractivity (Wildman–Crippen MR) is 109 cm³/mol. The van der Waals surface area contributed by atoms with Gasteiger partial charge in [-0.15, -0.1) is 0 Å². The van der Waals surface area contributed by atoms with Crippen molar-refractivity contribution in [2.24, 2.45) is 0 Å². The summed E-state index contributed by atoms with van der Waals surface area (Å²) in [6, 6.07) is 8.80. The first-order valence-corrected chi connectivity index (χ1v) is 10.5. The maximum atomic E-state index is 12.4. The molecule has 0 spiro atoms. The van der Waals surface area contributed by atoms with E-state index in [9.17, 15) is 18.3 Å². The van der Waals surface area contributed by atoms with E-state index >= 15 is 0 Å². The third-order valence-corrected chi connectivity index (χ3v) is 6.45. The second kappa shape index (κ2) is 8.02. The first-order chi connectivity index (χ1) is 13.6. The first-order valence-electron chi connectivity index (χ1n) is 8.72. The van der Waals surface area contributed by atoms with E-state index in [1.54, 1.807) is 6.07 Å². The molecule has 1 heterocycles. The number of hydrogen-bond acceptors (Lipinski definition) is 6. The van der Waals surface area contributed by atoms with Crippen molar-refractivity contribution >= 4 is 38.6 Å². The molecule has 3 aromatic rings. The molecule has 0 aliphatic heterocycles. The smallest absolute Gasteiger partial charge is 0.342 e. The zero-order chi connectivity index (χ0) is 21.3. The van der Waals surface area contributed by atoms with Crippen molar-refractivity contribution in [3.63, 3.8) is 0 Å². The Hall–Kier alpha value is -2.62. The highest BCUT2D eigenvalue weighted by atomic mass is 35.5. The number of halogens is 1. The molecule has 0 radical (unpaired) electrons. The molecule has 10 heteroatoms. The van der Waals surface area contributed by atoms with Gasteiger partial charge in [-0.05, 0) is 43.3 Å². The molecule has 0 aliphatic rings. The number of imidazole rings is 1. The molecule has 0 atom stereocenters. The van der Waals surface area contributed by atoms with Gasteiger partial charge < -0.3 is 14.4 Å². The molecule has 3 rings (SSSR count). The topological polar surface area (TPSA) is 102 Å². The minimum Gasteiger partial charge on any atom is -0.507 e. The van der Waals surface area contributed by atoms with Crippen LogP contribution in [-0.4, -0.2) is 47.4 Å². The lowest BCUT2D eigenvalue weighted by Crippen LogP contribution is -2.22. The summed E-state index contributed by atoms with van der Waals surface area (Å²) in [6.07, 6.45) is 0. The van der Waals surface area contributed by atoms with Gasteiger partial charge in [-0.1, -0.05) is 11.6 Å². The lowest BCUT2D eigenvalue weighted by atomic mass is 10.2. The average Bonchev–Trinajstić information content (AvgIpc) is 3.02. The maximum Gasteiger partial charge on any atom is 0.342 e. The fraction of sp³-hybridized carbons (Fsp3) is 0.263. The van der Waals surface area contributed by atoms with Crippen molar-refractivity contribution < 1.29 is 23.1 Å². The second-order valence-electron chi connectivity index (χ2n) is 6.45. The van der Waals surface area contributed by atoms with Crippen LogP contribution in [0.5, 0.6) is 5.75 Å². The number of nitrogens with zero attached hydrogens (tertiary/aromatic N) is 3. The number of esters is 1. The average molecular weight is 438 g/mol. The summed E-state index contributed by atoms with van der Waals surface area (Å²) < 4.78 is 33.0. The number of aromatic hydroxyl groups is 1. The normalized spacial score (nSPS) is 11.9. The van der Waals surface area contributed by atoms with E-state index in [0.29, 0.717) is 22.9 Å². The number of aromatic nitrogens is 2. The van der Waals surface area contributed by atoms with Crippen molar-refractivity contribution in [1.29, 1.82) is 0 Å². The van der Waals surface area contributed by atoms with Gasteiger partial charge in [-0.3, -0.25) is 0 Å². The molecule has 154 valence electrons. The third-order valence-electron chi connectivity index (χ3n) is 4.41. The van der Waals surface area contributed by atoms with E-state index in [1.165, 1.54) is 44.4 Å². The molecular weight excluding hydrogens is 418 g/mol. The van der Waals surface area contributed by atoms with Crippen LogP contribution in [0.2, 0.25) is 5.02 Å². The number of phenolic OH excluding ortho intramolecular Hbond substituents is 1. The van der Waals surface area contributed by atoms with Crippen LogP contribution in [-0.2, 0) is 27.9 Å². The highest BCUT2D eigenvalue weighted by Crippen LogP contribution is 2.25. The van der Waals surface area contributed by atoms with E-state index < -0.39 is 16.0 Å². The number of hydrogen-bond donors (Lipinski definition) is 1.